The second kappa shape index (κ2) is 5.74. The lowest BCUT2D eigenvalue weighted by atomic mass is 9.97. The zero-order valence-electron chi connectivity index (χ0n) is 11.3. The maximum Gasteiger partial charge on any atom is 0.227 e. The molecule has 0 aromatic heterocycles. The number of rotatable bonds is 3. The standard InChI is InChI=1S/C16H21N2O/c19-16(18-10-3-4-11-18)12-13-6-1-2-7-14(13)15-8-5-9-17-15/h1-2,6-7,15H,3-5,8-12H2/t15-/m1/s1. The predicted octanol–water partition coefficient (Wildman–Crippen LogP) is 2.29. The van der Waals surface area contributed by atoms with Gasteiger partial charge in [-0.3, -0.25) is 4.79 Å². The number of hydrogen-bond donors (Lipinski definition) is 0. The quantitative estimate of drug-likeness (QED) is 0.818. The molecule has 3 heteroatoms. The Morgan fingerprint density at radius 3 is 2.74 bits per heavy atom. The normalized spacial score (nSPS) is 22.9. The van der Waals surface area contributed by atoms with Gasteiger partial charge >= 0.3 is 0 Å². The first-order valence-electron chi connectivity index (χ1n) is 7.37. The van der Waals surface area contributed by atoms with Crippen molar-refractivity contribution in [2.45, 2.75) is 38.1 Å². The molecule has 0 bridgehead atoms. The highest BCUT2D eigenvalue weighted by molar-refractivity contribution is 5.79. The summed E-state index contributed by atoms with van der Waals surface area (Å²) in [5.74, 6) is 0.281. The molecule has 2 saturated heterocycles. The summed E-state index contributed by atoms with van der Waals surface area (Å²) in [6.45, 7) is 2.85. The summed E-state index contributed by atoms with van der Waals surface area (Å²) < 4.78 is 0. The molecule has 3 rings (SSSR count). The molecule has 1 aromatic carbocycles. The van der Waals surface area contributed by atoms with E-state index < -0.39 is 0 Å². The van der Waals surface area contributed by atoms with Crippen molar-refractivity contribution in [2.24, 2.45) is 0 Å². The van der Waals surface area contributed by atoms with E-state index in [0.717, 1.165) is 38.9 Å². The molecule has 1 amide bonds. The minimum Gasteiger partial charge on any atom is -0.342 e. The van der Waals surface area contributed by atoms with Gasteiger partial charge in [0.2, 0.25) is 5.91 Å². The molecular formula is C16H21N2O. The van der Waals surface area contributed by atoms with Crippen molar-refractivity contribution in [1.82, 2.24) is 10.2 Å². The molecule has 0 saturated carbocycles. The molecule has 0 spiro atoms. The molecule has 1 radical (unpaired) electrons. The van der Waals surface area contributed by atoms with Crippen molar-refractivity contribution in [3.05, 3.63) is 35.4 Å². The Bertz CT molecular complexity index is 446. The summed E-state index contributed by atoms with van der Waals surface area (Å²) in [6.07, 6.45) is 5.17. The van der Waals surface area contributed by atoms with E-state index in [1.54, 1.807) is 0 Å². The van der Waals surface area contributed by atoms with Crippen molar-refractivity contribution in [1.29, 1.82) is 0 Å². The van der Waals surface area contributed by atoms with Gasteiger partial charge in [0, 0.05) is 25.7 Å². The Kier molecular flexibility index (Phi) is 3.83. The number of carbonyl (C=O) groups excluding carboxylic acids is 1. The highest BCUT2D eigenvalue weighted by Gasteiger charge is 2.23. The zero-order chi connectivity index (χ0) is 13.1. The Morgan fingerprint density at radius 1 is 1.21 bits per heavy atom. The number of amides is 1. The largest absolute Gasteiger partial charge is 0.342 e. The number of hydrogen-bond acceptors (Lipinski definition) is 1. The van der Waals surface area contributed by atoms with Crippen LogP contribution in [0.25, 0.3) is 0 Å². The van der Waals surface area contributed by atoms with Gasteiger partial charge < -0.3 is 4.90 Å². The van der Waals surface area contributed by atoms with E-state index in [0.29, 0.717) is 12.5 Å². The van der Waals surface area contributed by atoms with Gasteiger partial charge in [-0.2, -0.15) is 0 Å². The SMILES string of the molecule is O=C(Cc1ccccc1[C@H]1CCC[N]1)N1CCCC1. The number of likely N-dealkylation sites (tertiary alicyclic amines) is 1. The van der Waals surface area contributed by atoms with Crippen LogP contribution in [0.2, 0.25) is 0 Å². The fourth-order valence-corrected chi connectivity index (χ4v) is 3.14. The molecule has 101 valence electrons. The van der Waals surface area contributed by atoms with Gasteiger partial charge in [0.1, 0.15) is 0 Å². The summed E-state index contributed by atoms with van der Waals surface area (Å²) in [4.78, 5) is 14.3. The van der Waals surface area contributed by atoms with Crippen LogP contribution in [0, 0.1) is 0 Å². The third kappa shape index (κ3) is 2.81. The van der Waals surface area contributed by atoms with E-state index in [9.17, 15) is 4.79 Å². The topological polar surface area (TPSA) is 34.4 Å². The first-order chi connectivity index (χ1) is 9.34. The third-order valence-corrected chi connectivity index (χ3v) is 4.20. The van der Waals surface area contributed by atoms with Crippen molar-refractivity contribution in [3.63, 3.8) is 0 Å². The van der Waals surface area contributed by atoms with Crippen molar-refractivity contribution in [3.8, 4) is 0 Å². The van der Waals surface area contributed by atoms with Crippen LogP contribution in [-0.4, -0.2) is 30.4 Å². The number of nitrogens with zero attached hydrogens (tertiary/aromatic N) is 2. The first kappa shape index (κ1) is 12.7. The smallest absolute Gasteiger partial charge is 0.227 e. The lowest BCUT2D eigenvalue weighted by Gasteiger charge is -2.18. The minimum atomic E-state index is 0.281. The van der Waals surface area contributed by atoms with Gasteiger partial charge in [0.15, 0.2) is 0 Å². The summed E-state index contributed by atoms with van der Waals surface area (Å²) in [5, 5.41) is 4.65. The van der Waals surface area contributed by atoms with E-state index in [4.69, 9.17) is 0 Å². The molecule has 0 N–H and O–H groups in total. The van der Waals surface area contributed by atoms with Crippen LogP contribution in [0.15, 0.2) is 24.3 Å². The molecule has 2 heterocycles. The molecule has 2 aliphatic rings. The molecule has 2 aliphatic heterocycles. The van der Waals surface area contributed by atoms with Gasteiger partial charge in [-0.25, -0.2) is 5.32 Å². The Morgan fingerprint density at radius 2 is 2.00 bits per heavy atom. The molecule has 19 heavy (non-hydrogen) atoms. The molecule has 1 atom stereocenters. The van der Waals surface area contributed by atoms with Crippen LogP contribution < -0.4 is 5.32 Å². The molecule has 2 fully saturated rings. The van der Waals surface area contributed by atoms with Crippen LogP contribution in [0.5, 0.6) is 0 Å². The lowest BCUT2D eigenvalue weighted by Crippen LogP contribution is -2.29. The van der Waals surface area contributed by atoms with Gasteiger partial charge in [0.05, 0.1) is 6.42 Å². The van der Waals surface area contributed by atoms with Gasteiger partial charge in [-0.1, -0.05) is 24.3 Å². The number of carbonyl (C=O) groups is 1. The average Bonchev–Trinajstić information content (AvgIpc) is 3.13. The van der Waals surface area contributed by atoms with Crippen LogP contribution in [0.1, 0.15) is 42.9 Å². The van der Waals surface area contributed by atoms with Gasteiger partial charge in [-0.05, 0) is 36.8 Å². The Hall–Kier alpha value is -1.35. The second-order valence-electron chi connectivity index (χ2n) is 5.53. The molecule has 3 nitrogen and oxygen atoms in total. The Labute approximate surface area is 115 Å². The van der Waals surface area contributed by atoms with Gasteiger partial charge in [0.25, 0.3) is 0 Å². The highest BCUT2D eigenvalue weighted by Crippen LogP contribution is 2.28. The molecular weight excluding hydrogens is 236 g/mol. The fraction of sp³-hybridized carbons (Fsp3) is 0.562. The summed E-state index contributed by atoms with van der Waals surface area (Å²) >= 11 is 0. The maximum atomic E-state index is 12.3. The summed E-state index contributed by atoms with van der Waals surface area (Å²) in [5.41, 5.74) is 2.45. The molecule has 0 aliphatic carbocycles. The van der Waals surface area contributed by atoms with Crippen LogP contribution in [0.4, 0.5) is 0 Å². The van der Waals surface area contributed by atoms with E-state index in [2.05, 4.69) is 23.5 Å². The molecule has 0 unspecified atom stereocenters. The Balaban J connectivity index is 1.74. The lowest BCUT2D eigenvalue weighted by molar-refractivity contribution is -0.129. The average molecular weight is 257 g/mol. The van der Waals surface area contributed by atoms with Crippen LogP contribution in [0.3, 0.4) is 0 Å². The monoisotopic (exact) mass is 257 g/mol. The zero-order valence-corrected chi connectivity index (χ0v) is 11.3. The first-order valence-corrected chi connectivity index (χ1v) is 7.37. The predicted molar refractivity (Wildman–Crippen MR) is 74.9 cm³/mol. The summed E-state index contributed by atoms with van der Waals surface area (Å²) in [7, 11) is 0. The van der Waals surface area contributed by atoms with Gasteiger partial charge in [-0.15, -0.1) is 0 Å². The fourth-order valence-electron chi connectivity index (χ4n) is 3.14. The molecule has 1 aromatic rings. The summed E-state index contributed by atoms with van der Waals surface area (Å²) in [6, 6.07) is 8.66. The van der Waals surface area contributed by atoms with E-state index in [1.807, 2.05) is 11.0 Å². The van der Waals surface area contributed by atoms with Crippen molar-refractivity contribution < 1.29 is 4.79 Å². The van der Waals surface area contributed by atoms with Crippen molar-refractivity contribution in [2.75, 3.05) is 19.6 Å². The van der Waals surface area contributed by atoms with E-state index in [1.165, 1.54) is 17.5 Å². The highest BCUT2D eigenvalue weighted by atomic mass is 16.2. The van der Waals surface area contributed by atoms with Crippen molar-refractivity contribution >= 4 is 5.91 Å². The second-order valence-corrected chi connectivity index (χ2v) is 5.53. The van der Waals surface area contributed by atoms with E-state index >= 15 is 0 Å². The minimum absolute atomic E-state index is 0.281. The van der Waals surface area contributed by atoms with E-state index in [-0.39, 0.29) is 5.91 Å². The number of benzene rings is 1. The van der Waals surface area contributed by atoms with Crippen LogP contribution in [-0.2, 0) is 11.2 Å². The third-order valence-electron chi connectivity index (χ3n) is 4.20. The maximum absolute atomic E-state index is 12.3. The van der Waals surface area contributed by atoms with Crippen LogP contribution >= 0.6 is 0 Å².